The highest BCUT2D eigenvalue weighted by Gasteiger charge is 2.26. The Kier molecular flexibility index (Phi) is 5.93. The van der Waals surface area contributed by atoms with Crippen molar-refractivity contribution in [1.29, 1.82) is 0 Å². The Hall–Kier alpha value is -3.09. The van der Waals surface area contributed by atoms with Crippen molar-refractivity contribution in [3.05, 3.63) is 72.1 Å². The molecule has 0 saturated carbocycles. The molecule has 1 atom stereocenters. The molecule has 0 radical (unpaired) electrons. The first-order valence-electron chi connectivity index (χ1n) is 10.2. The second-order valence-electron chi connectivity index (χ2n) is 7.56. The Bertz CT molecular complexity index is 941. The monoisotopic (exact) mass is 391 g/mol. The Labute approximate surface area is 172 Å². The van der Waals surface area contributed by atoms with Crippen molar-refractivity contribution in [2.45, 2.75) is 25.3 Å². The molecule has 0 spiro atoms. The van der Waals surface area contributed by atoms with Gasteiger partial charge in [-0.15, -0.1) is 0 Å². The quantitative estimate of drug-likeness (QED) is 0.517. The van der Waals surface area contributed by atoms with Crippen LogP contribution in [0.15, 0.2) is 60.1 Å². The number of guanidine groups is 1. The summed E-state index contributed by atoms with van der Waals surface area (Å²) in [5.74, 6) is 2.58. The van der Waals surface area contributed by atoms with Crippen LogP contribution in [0, 0.1) is 0 Å². The molecule has 1 aliphatic rings. The van der Waals surface area contributed by atoms with E-state index in [0.29, 0.717) is 5.92 Å². The molecule has 1 aromatic carbocycles. The zero-order chi connectivity index (χ0) is 20.1. The van der Waals surface area contributed by atoms with Gasteiger partial charge in [-0.25, -0.2) is 4.98 Å². The van der Waals surface area contributed by atoms with E-state index in [1.54, 1.807) is 0 Å². The van der Waals surface area contributed by atoms with Crippen LogP contribution in [-0.2, 0) is 20.0 Å². The summed E-state index contributed by atoms with van der Waals surface area (Å²) in [5, 5.41) is 7.83. The Morgan fingerprint density at radius 1 is 1.28 bits per heavy atom. The van der Waals surface area contributed by atoms with Gasteiger partial charge in [0, 0.05) is 71.2 Å². The molecule has 152 valence electrons. The van der Waals surface area contributed by atoms with Gasteiger partial charge in [-0.05, 0) is 17.5 Å². The largest absolute Gasteiger partial charge is 0.356 e. The lowest BCUT2D eigenvalue weighted by atomic mass is 10.0. The lowest BCUT2D eigenvalue weighted by molar-refractivity contribution is 0.485. The summed E-state index contributed by atoms with van der Waals surface area (Å²) in [5.41, 5.74) is 2.60. The Balaban J connectivity index is 1.30. The SMILES string of the molecule is CN=C(NCCc1nccn1Cc1ccccc1)N1CCC(c2cnn(C)c2)C1. The average Bonchev–Trinajstić information content (AvgIpc) is 3.48. The molecule has 1 aliphatic heterocycles. The minimum Gasteiger partial charge on any atom is -0.356 e. The van der Waals surface area contributed by atoms with Crippen LogP contribution in [0.1, 0.15) is 29.3 Å². The third-order valence-corrected chi connectivity index (χ3v) is 5.53. The first-order chi connectivity index (χ1) is 14.2. The number of imidazole rings is 1. The van der Waals surface area contributed by atoms with Gasteiger partial charge in [0.1, 0.15) is 5.82 Å². The summed E-state index contributed by atoms with van der Waals surface area (Å²) in [7, 11) is 3.83. The Morgan fingerprint density at radius 3 is 2.90 bits per heavy atom. The second-order valence-corrected chi connectivity index (χ2v) is 7.56. The summed E-state index contributed by atoms with van der Waals surface area (Å²) in [4.78, 5) is 11.4. The molecule has 0 bridgehead atoms. The maximum Gasteiger partial charge on any atom is 0.193 e. The highest BCUT2D eigenvalue weighted by molar-refractivity contribution is 5.80. The molecule has 1 N–H and O–H groups in total. The van der Waals surface area contributed by atoms with E-state index in [1.165, 1.54) is 11.1 Å². The van der Waals surface area contributed by atoms with E-state index in [4.69, 9.17) is 0 Å². The first-order valence-corrected chi connectivity index (χ1v) is 10.2. The van der Waals surface area contributed by atoms with Gasteiger partial charge in [0.2, 0.25) is 0 Å². The number of likely N-dealkylation sites (tertiary alicyclic amines) is 1. The number of hydrogen-bond donors (Lipinski definition) is 1. The number of nitrogens with one attached hydrogen (secondary N) is 1. The molecule has 2 aromatic heterocycles. The summed E-state index contributed by atoms with van der Waals surface area (Å²) < 4.78 is 4.09. The fraction of sp³-hybridized carbons (Fsp3) is 0.409. The molecule has 0 aliphatic carbocycles. The van der Waals surface area contributed by atoms with Crippen molar-refractivity contribution >= 4 is 5.96 Å². The number of aromatic nitrogens is 4. The predicted molar refractivity (Wildman–Crippen MR) is 115 cm³/mol. The highest BCUT2D eigenvalue weighted by Crippen LogP contribution is 2.26. The maximum absolute atomic E-state index is 4.55. The highest BCUT2D eigenvalue weighted by atomic mass is 15.3. The van der Waals surface area contributed by atoms with Crippen LogP contribution in [0.3, 0.4) is 0 Å². The number of rotatable bonds is 6. The van der Waals surface area contributed by atoms with Gasteiger partial charge >= 0.3 is 0 Å². The summed E-state index contributed by atoms with van der Waals surface area (Å²) in [6.07, 6.45) is 10.0. The predicted octanol–water partition coefficient (Wildman–Crippen LogP) is 2.27. The van der Waals surface area contributed by atoms with Gasteiger partial charge in [-0.3, -0.25) is 9.67 Å². The van der Waals surface area contributed by atoms with E-state index in [9.17, 15) is 0 Å². The van der Waals surface area contributed by atoms with Crippen LogP contribution < -0.4 is 5.32 Å². The summed E-state index contributed by atoms with van der Waals surface area (Å²) in [6, 6.07) is 10.5. The van der Waals surface area contributed by atoms with Crippen LogP contribution >= 0.6 is 0 Å². The van der Waals surface area contributed by atoms with Gasteiger partial charge < -0.3 is 14.8 Å². The van der Waals surface area contributed by atoms with E-state index in [-0.39, 0.29) is 0 Å². The van der Waals surface area contributed by atoms with Gasteiger partial charge in [0.25, 0.3) is 0 Å². The van der Waals surface area contributed by atoms with Crippen molar-refractivity contribution in [1.82, 2.24) is 29.5 Å². The van der Waals surface area contributed by atoms with Crippen LogP contribution in [0.5, 0.6) is 0 Å². The molecule has 3 heterocycles. The number of nitrogens with zero attached hydrogens (tertiary/aromatic N) is 6. The molecule has 1 unspecified atom stereocenters. The van der Waals surface area contributed by atoms with Crippen LogP contribution in [0.4, 0.5) is 0 Å². The van der Waals surface area contributed by atoms with Crippen LogP contribution in [0.2, 0.25) is 0 Å². The molecular weight excluding hydrogens is 362 g/mol. The lowest BCUT2D eigenvalue weighted by Crippen LogP contribution is -2.40. The molecule has 0 amide bonds. The molecule has 4 rings (SSSR count). The Morgan fingerprint density at radius 2 is 2.14 bits per heavy atom. The summed E-state index contributed by atoms with van der Waals surface area (Å²) in [6.45, 7) is 3.66. The number of hydrogen-bond acceptors (Lipinski definition) is 3. The van der Waals surface area contributed by atoms with Gasteiger partial charge in [0.05, 0.1) is 6.20 Å². The number of benzene rings is 1. The van der Waals surface area contributed by atoms with E-state index in [2.05, 4.69) is 66.5 Å². The zero-order valence-corrected chi connectivity index (χ0v) is 17.2. The number of aliphatic imine (C=N–C) groups is 1. The van der Waals surface area contributed by atoms with Crippen LogP contribution in [0.25, 0.3) is 0 Å². The molecular formula is C22H29N7. The van der Waals surface area contributed by atoms with Gasteiger partial charge in [-0.1, -0.05) is 30.3 Å². The zero-order valence-electron chi connectivity index (χ0n) is 17.2. The minimum absolute atomic E-state index is 0.520. The van der Waals surface area contributed by atoms with E-state index in [1.807, 2.05) is 37.2 Å². The van der Waals surface area contributed by atoms with E-state index < -0.39 is 0 Å². The van der Waals surface area contributed by atoms with E-state index in [0.717, 1.165) is 50.8 Å². The van der Waals surface area contributed by atoms with E-state index >= 15 is 0 Å². The second kappa shape index (κ2) is 8.94. The maximum atomic E-state index is 4.55. The van der Waals surface area contributed by atoms with Crippen molar-refractivity contribution in [3.63, 3.8) is 0 Å². The average molecular weight is 392 g/mol. The molecule has 3 aromatic rings. The first kappa shape index (κ1) is 19.2. The third-order valence-electron chi connectivity index (χ3n) is 5.53. The van der Waals surface area contributed by atoms with Gasteiger partial charge in [0.15, 0.2) is 5.96 Å². The fourth-order valence-electron chi connectivity index (χ4n) is 3.99. The van der Waals surface area contributed by atoms with Crippen molar-refractivity contribution in [2.75, 3.05) is 26.7 Å². The van der Waals surface area contributed by atoms with Crippen molar-refractivity contribution in [2.24, 2.45) is 12.0 Å². The number of aryl methyl sites for hydroxylation is 1. The molecule has 7 nitrogen and oxygen atoms in total. The minimum atomic E-state index is 0.520. The van der Waals surface area contributed by atoms with Gasteiger partial charge in [-0.2, -0.15) is 5.10 Å². The molecule has 1 saturated heterocycles. The van der Waals surface area contributed by atoms with Crippen molar-refractivity contribution in [3.8, 4) is 0 Å². The van der Waals surface area contributed by atoms with Crippen molar-refractivity contribution < 1.29 is 0 Å². The topological polar surface area (TPSA) is 63.3 Å². The lowest BCUT2D eigenvalue weighted by Gasteiger charge is -2.21. The fourth-order valence-corrected chi connectivity index (χ4v) is 3.99. The standard InChI is InChI=1S/C22H29N7/c1-23-22(29-12-9-19(17-29)20-14-26-27(2)16-20)25-10-8-21-24-11-13-28(21)15-18-6-4-3-5-7-18/h3-7,11,13-14,16,19H,8-10,12,15,17H2,1-2H3,(H,23,25). The third kappa shape index (κ3) is 4.67. The molecule has 29 heavy (non-hydrogen) atoms. The normalized spacial score (nSPS) is 17.1. The van der Waals surface area contributed by atoms with Crippen LogP contribution in [-0.4, -0.2) is 56.9 Å². The molecule has 1 fully saturated rings. The molecule has 7 heteroatoms. The summed E-state index contributed by atoms with van der Waals surface area (Å²) >= 11 is 0. The smallest absolute Gasteiger partial charge is 0.193 e.